The Morgan fingerprint density at radius 2 is 1.69 bits per heavy atom. The quantitative estimate of drug-likeness (QED) is 0.736. The molecular weight excluding hydrogens is 168 g/mol. The van der Waals surface area contributed by atoms with Crippen LogP contribution in [0.25, 0.3) is 0 Å². The average molecular weight is 182 g/mol. The first-order valence-corrected chi connectivity index (χ1v) is 4.15. The monoisotopic (exact) mass is 182 g/mol. The maximum absolute atomic E-state index is 9.47. The van der Waals surface area contributed by atoms with Gasteiger partial charge in [-0.3, -0.25) is 0 Å². The van der Waals surface area contributed by atoms with Crippen molar-refractivity contribution in [2.75, 3.05) is 7.11 Å². The Hall–Kier alpha value is -1.06. The highest BCUT2D eigenvalue weighted by atomic mass is 16.5. The molecule has 0 aliphatic carbocycles. The third-order valence-corrected chi connectivity index (χ3v) is 1.91. The number of benzene rings is 1. The maximum Gasteiger partial charge on any atom is 0.118 e. The van der Waals surface area contributed by atoms with Gasteiger partial charge in [0.1, 0.15) is 11.9 Å². The molecule has 72 valence electrons. The van der Waals surface area contributed by atoms with Gasteiger partial charge in [-0.1, -0.05) is 12.1 Å². The van der Waals surface area contributed by atoms with E-state index >= 15 is 0 Å². The summed E-state index contributed by atoms with van der Waals surface area (Å²) in [5.41, 5.74) is 0.691. The van der Waals surface area contributed by atoms with Crippen LogP contribution in [0.3, 0.4) is 0 Å². The molecule has 0 unspecified atom stereocenters. The molecule has 0 bridgehead atoms. The highest BCUT2D eigenvalue weighted by Crippen LogP contribution is 2.19. The second-order valence-corrected chi connectivity index (χ2v) is 2.96. The van der Waals surface area contributed by atoms with Crippen LogP contribution in [0.5, 0.6) is 5.75 Å². The van der Waals surface area contributed by atoms with Crippen molar-refractivity contribution in [3.8, 4) is 5.75 Å². The third-order valence-electron chi connectivity index (χ3n) is 1.91. The van der Waals surface area contributed by atoms with E-state index in [4.69, 9.17) is 9.84 Å². The van der Waals surface area contributed by atoms with E-state index in [1.54, 1.807) is 38.3 Å². The smallest absolute Gasteiger partial charge is 0.118 e. The number of aliphatic hydroxyl groups is 2. The van der Waals surface area contributed by atoms with Crippen molar-refractivity contribution in [1.82, 2.24) is 0 Å². The number of methoxy groups -OCH3 is 1. The molecule has 1 rings (SSSR count). The van der Waals surface area contributed by atoms with Gasteiger partial charge in [0.05, 0.1) is 13.2 Å². The van der Waals surface area contributed by atoms with Crippen molar-refractivity contribution in [2.45, 2.75) is 19.1 Å². The highest BCUT2D eigenvalue weighted by molar-refractivity contribution is 5.28. The summed E-state index contributed by atoms with van der Waals surface area (Å²) >= 11 is 0. The number of aliphatic hydroxyl groups excluding tert-OH is 2. The molecule has 0 saturated carbocycles. The Balaban J connectivity index is 2.79. The lowest BCUT2D eigenvalue weighted by Crippen LogP contribution is -2.13. The molecule has 0 radical (unpaired) electrons. The predicted molar refractivity (Wildman–Crippen MR) is 49.6 cm³/mol. The van der Waals surface area contributed by atoms with Crippen LogP contribution in [0.4, 0.5) is 0 Å². The van der Waals surface area contributed by atoms with Gasteiger partial charge in [-0.15, -0.1) is 0 Å². The molecular formula is C10H14O3. The highest BCUT2D eigenvalue weighted by Gasteiger charge is 2.12. The summed E-state index contributed by atoms with van der Waals surface area (Å²) in [6.45, 7) is 1.55. The lowest BCUT2D eigenvalue weighted by Gasteiger charge is -2.13. The number of ether oxygens (including phenoxy) is 1. The van der Waals surface area contributed by atoms with Gasteiger partial charge in [-0.2, -0.15) is 0 Å². The number of hydrogen-bond donors (Lipinski definition) is 2. The molecule has 1 aromatic carbocycles. The van der Waals surface area contributed by atoms with Crippen LogP contribution in [0, 0.1) is 0 Å². The summed E-state index contributed by atoms with van der Waals surface area (Å²) < 4.78 is 4.97. The summed E-state index contributed by atoms with van der Waals surface area (Å²) in [5, 5.41) is 18.6. The molecule has 0 heterocycles. The van der Waals surface area contributed by atoms with E-state index in [0.29, 0.717) is 5.56 Å². The zero-order chi connectivity index (χ0) is 9.84. The van der Waals surface area contributed by atoms with Crippen LogP contribution in [-0.2, 0) is 0 Å². The van der Waals surface area contributed by atoms with Crippen molar-refractivity contribution >= 4 is 0 Å². The van der Waals surface area contributed by atoms with Crippen molar-refractivity contribution in [3.63, 3.8) is 0 Å². The van der Waals surface area contributed by atoms with Gasteiger partial charge < -0.3 is 14.9 Å². The fourth-order valence-corrected chi connectivity index (χ4v) is 1.08. The number of hydrogen-bond acceptors (Lipinski definition) is 3. The topological polar surface area (TPSA) is 49.7 Å². The molecule has 2 atom stereocenters. The van der Waals surface area contributed by atoms with E-state index in [1.807, 2.05) is 0 Å². The van der Waals surface area contributed by atoms with Gasteiger partial charge in [0.25, 0.3) is 0 Å². The SMILES string of the molecule is COc1ccc([C@H](O)[C@@H](C)O)cc1. The molecule has 0 aliphatic rings. The first-order valence-electron chi connectivity index (χ1n) is 4.15. The Bertz CT molecular complexity index is 253. The largest absolute Gasteiger partial charge is 0.497 e. The molecule has 0 amide bonds. The predicted octanol–water partition coefficient (Wildman–Crippen LogP) is 1.11. The Kier molecular flexibility index (Phi) is 3.28. The Morgan fingerprint density at radius 1 is 1.15 bits per heavy atom. The summed E-state index contributed by atoms with van der Waals surface area (Å²) in [6.07, 6.45) is -1.58. The summed E-state index contributed by atoms with van der Waals surface area (Å²) in [7, 11) is 1.58. The zero-order valence-electron chi connectivity index (χ0n) is 7.77. The average Bonchev–Trinajstić information content (AvgIpc) is 2.17. The van der Waals surface area contributed by atoms with E-state index in [9.17, 15) is 5.11 Å². The van der Waals surface area contributed by atoms with Gasteiger partial charge in [0.2, 0.25) is 0 Å². The van der Waals surface area contributed by atoms with Crippen LogP contribution in [0.15, 0.2) is 24.3 Å². The third kappa shape index (κ3) is 2.44. The van der Waals surface area contributed by atoms with Gasteiger partial charge in [-0.25, -0.2) is 0 Å². The van der Waals surface area contributed by atoms with Crippen LogP contribution < -0.4 is 4.74 Å². The minimum atomic E-state index is -0.828. The first-order chi connectivity index (χ1) is 6.15. The van der Waals surface area contributed by atoms with Crippen LogP contribution >= 0.6 is 0 Å². The van der Waals surface area contributed by atoms with Crippen LogP contribution in [0.2, 0.25) is 0 Å². The Morgan fingerprint density at radius 3 is 2.08 bits per heavy atom. The fraction of sp³-hybridized carbons (Fsp3) is 0.400. The van der Waals surface area contributed by atoms with Crippen LogP contribution in [-0.4, -0.2) is 23.4 Å². The molecule has 3 nitrogen and oxygen atoms in total. The standard InChI is InChI=1S/C10H14O3/c1-7(11)10(12)8-3-5-9(13-2)6-4-8/h3-7,10-12H,1-2H3/t7-,10-/m1/s1. The van der Waals surface area contributed by atoms with Gasteiger partial charge in [0.15, 0.2) is 0 Å². The molecule has 3 heteroatoms. The molecule has 13 heavy (non-hydrogen) atoms. The summed E-state index contributed by atoms with van der Waals surface area (Å²) in [5.74, 6) is 0.738. The van der Waals surface area contributed by atoms with Crippen molar-refractivity contribution < 1.29 is 14.9 Å². The zero-order valence-corrected chi connectivity index (χ0v) is 7.77. The molecule has 2 N–H and O–H groups in total. The lowest BCUT2D eigenvalue weighted by atomic mass is 10.1. The first kappa shape index (κ1) is 10.0. The van der Waals surface area contributed by atoms with E-state index in [0.717, 1.165) is 5.75 Å². The Labute approximate surface area is 77.6 Å². The summed E-state index contributed by atoms with van der Waals surface area (Å²) in [4.78, 5) is 0. The van der Waals surface area contributed by atoms with Gasteiger partial charge >= 0.3 is 0 Å². The van der Waals surface area contributed by atoms with Gasteiger partial charge in [-0.05, 0) is 24.6 Å². The second kappa shape index (κ2) is 4.25. The van der Waals surface area contributed by atoms with E-state index < -0.39 is 12.2 Å². The second-order valence-electron chi connectivity index (χ2n) is 2.96. The maximum atomic E-state index is 9.47. The minimum absolute atomic E-state index is 0.691. The molecule has 0 spiro atoms. The van der Waals surface area contributed by atoms with E-state index in [1.165, 1.54) is 0 Å². The normalized spacial score (nSPS) is 15.1. The van der Waals surface area contributed by atoms with Crippen molar-refractivity contribution in [3.05, 3.63) is 29.8 Å². The van der Waals surface area contributed by atoms with Gasteiger partial charge in [0, 0.05) is 0 Å². The molecule has 0 saturated heterocycles. The molecule has 0 aromatic heterocycles. The van der Waals surface area contributed by atoms with Crippen molar-refractivity contribution in [2.24, 2.45) is 0 Å². The van der Waals surface area contributed by atoms with E-state index in [2.05, 4.69) is 0 Å². The minimum Gasteiger partial charge on any atom is -0.497 e. The van der Waals surface area contributed by atoms with E-state index in [-0.39, 0.29) is 0 Å². The fourth-order valence-electron chi connectivity index (χ4n) is 1.08. The summed E-state index contributed by atoms with van der Waals surface area (Å²) in [6, 6.07) is 6.97. The van der Waals surface area contributed by atoms with Crippen LogP contribution in [0.1, 0.15) is 18.6 Å². The molecule has 0 fully saturated rings. The molecule has 1 aromatic rings. The number of rotatable bonds is 3. The van der Waals surface area contributed by atoms with Crippen molar-refractivity contribution in [1.29, 1.82) is 0 Å². The molecule has 0 aliphatic heterocycles. The lowest BCUT2D eigenvalue weighted by molar-refractivity contribution is 0.0305.